The zero-order valence-corrected chi connectivity index (χ0v) is 14.0. The van der Waals surface area contributed by atoms with Crippen molar-refractivity contribution < 1.29 is 18.7 Å². The molecule has 3 rings (SSSR count). The van der Waals surface area contributed by atoms with Crippen LogP contribution in [0.5, 0.6) is 0 Å². The number of hydrogen-bond donors (Lipinski definition) is 0. The number of ketones is 1. The SMILES string of the molecule is CCOC(=O)C1C(=O)C=C(c2cccs2)CC1c1cccc(F)c1. The third-order valence-corrected chi connectivity index (χ3v) is 5.07. The van der Waals surface area contributed by atoms with Gasteiger partial charge in [-0.2, -0.15) is 0 Å². The van der Waals surface area contributed by atoms with Gasteiger partial charge in [0.15, 0.2) is 5.78 Å². The zero-order valence-electron chi connectivity index (χ0n) is 13.2. The first-order valence-corrected chi connectivity index (χ1v) is 8.68. The minimum atomic E-state index is -0.921. The third kappa shape index (κ3) is 3.31. The Morgan fingerprint density at radius 2 is 2.17 bits per heavy atom. The van der Waals surface area contributed by atoms with Gasteiger partial charge in [0.2, 0.25) is 0 Å². The molecule has 2 aromatic rings. The van der Waals surface area contributed by atoms with E-state index in [1.165, 1.54) is 18.2 Å². The smallest absolute Gasteiger partial charge is 0.317 e. The summed E-state index contributed by atoms with van der Waals surface area (Å²) < 4.78 is 18.7. The highest BCUT2D eigenvalue weighted by molar-refractivity contribution is 7.11. The Bertz CT molecular complexity index is 780. The second-order valence-electron chi connectivity index (χ2n) is 5.64. The first kappa shape index (κ1) is 16.6. The fourth-order valence-electron chi connectivity index (χ4n) is 3.07. The summed E-state index contributed by atoms with van der Waals surface area (Å²) in [6.45, 7) is 1.91. The minimum Gasteiger partial charge on any atom is -0.465 e. The van der Waals surface area contributed by atoms with Crippen LogP contribution in [0.2, 0.25) is 0 Å². The van der Waals surface area contributed by atoms with Gasteiger partial charge in [0.25, 0.3) is 0 Å². The van der Waals surface area contributed by atoms with Crippen LogP contribution in [0.25, 0.3) is 5.57 Å². The molecule has 0 N–H and O–H groups in total. The van der Waals surface area contributed by atoms with Crippen LogP contribution < -0.4 is 0 Å². The summed E-state index contributed by atoms with van der Waals surface area (Å²) in [5.74, 6) is -2.55. The number of carbonyl (C=O) groups is 2. The van der Waals surface area contributed by atoms with Crippen LogP contribution in [0.4, 0.5) is 4.39 Å². The lowest BCUT2D eigenvalue weighted by atomic mass is 9.74. The second kappa shape index (κ2) is 7.09. The van der Waals surface area contributed by atoms with Crippen molar-refractivity contribution in [1.82, 2.24) is 0 Å². The number of carbonyl (C=O) groups excluding carboxylic acids is 2. The maximum atomic E-state index is 13.7. The molecule has 0 bridgehead atoms. The van der Waals surface area contributed by atoms with E-state index in [1.54, 1.807) is 30.4 Å². The first-order chi connectivity index (χ1) is 11.6. The van der Waals surface area contributed by atoms with Crippen LogP contribution in [-0.4, -0.2) is 18.4 Å². The molecule has 0 amide bonds. The van der Waals surface area contributed by atoms with Crippen molar-refractivity contribution >= 4 is 28.7 Å². The number of hydrogen-bond acceptors (Lipinski definition) is 4. The molecular formula is C19H17FO3S. The first-order valence-electron chi connectivity index (χ1n) is 7.80. The number of esters is 1. The largest absolute Gasteiger partial charge is 0.465 e. The van der Waals surface area contributed by atoms with Gasteiger partial charge in [0, 0.05) is 10.8 Å². The molecule has 2 atom stereocenters. The van der Waals surface area contributed by atoms with Crippen LogP contribution >= 0.6 is 11.3 Å². The number of halogens is 1. The van der Waals surface area contributed by atoms with E-state index in [0.717, 1.165) is 10.5 Å². The van der Waals surface area contributed by atoms with E-state index in [2.05, 4.69) is 0 Å². The van der Waals surface area contributed by atoms with E-state index < -0.39 is 17.8 Å². The molecule has 1 heterocycles. The van der Waals surface area contributed by atoms with Crippen LogP contribution in [0.3, 0.4) is 0 Å². The normalized spacial score (nSPS) is 20.6. The fraction of sp³-hybridized carbons (Fsp3) is 0.263. The highest BCUT2D eigenvalue weighted by Crippen LogP contribution is 2.41. The van der Waals surface area contributed by atoms with E-state index >= 15 is 0 Å². The van der Waals surface area contributed by atoms with Crippen molar-refractivity contribution in [2.75, 3.05) is 6.61 Å². The van der Waals surface area contributed by atoms with Crippen molar-refractivity contribution in [2.45, 2.75) is 19.3 Å². The Labute approximate surface area is 143 Å². The quantitative estimate of drug-likeness (QED) is 0.616. The highest BCUT2D eigenvalue weighted by atomic mass is 32.1. The molecule has 2 unspecified atom stereocenters. The van der Waals surface area contributed by atoms with E-state index in [-0.39, 0.29) is 18.2 Å². The molecule has 124 valence electrons. The molecule has 0 fully saturated rings. The molecule has 1 aliphatic carbocycles. The zero-order chi connectivity index (χ0) is 17.1. The summed E-state index contributed by atoms with van der Waals surface area (Å²) in [6, 6.07) is 9.95. The summed E-state index contributed by atoms with van der Waals surface area (Å²) in [5.41, 5.74) is 1.52. The van der Waals surface area contributed by atoms with Gasteiger partial charge in [0.1, 0.15) is 11.7 Å². The van der Waals surface area contributed by atoms with Gasteiger partial charge in [-0.1, -0.05) is 18.2 Å². The Morgan fingerprint density at radius 3 is 2.83 bits per heavy atom. The van der Waals surface area contributed by atoms with Crippen LogP contribution in [0, 0.1) is 11.7 Å². The van der Waals surface area contributed by atoms with E-state index in [0.29, 0.717) is 12.0 Å². The van der Waals surface area contributed by atoms with Gasteiger partial charge >= 0.3 is 5.97 Å². The Hall–Kier alpha value is -2.27. The summed E-state index contributed by atoms with van der Waals surface area (Å²) in [6.07, 6.45) is 2.03. The molecule has 3 nitrogen and oxygen atoms in total. The lowest BCUT2D eigenvalue weighted by Crippen LogP contribution is -2.34. The Morgan fingerprint density at radius 1 is 1.33 bits per heavy atom. The molecule has 24 heavy (non-hydrogen) atoms. The molecule has 0 aliphatic heterocycles. The minimum absolute atomic E-state index is 0.208. The lowest BCUT2D eigenvalue weighted by molar-refractivity contribution is -0.151. The van der Waals surface area contributed by atoms with E-state index in [1.807, 2.05) is 17.5 Å². The van der Waals surface area contributed by atoms with Crippen molar-refractivity contribution in [3.63, 3.8) is 0 Å². The Balaban J connectivity index is 2.02. The van der Waals surface area contributed by atoms with Gasteiger partial charge < -0.3 is 4.74 Å². The van der Waals surface area contributed by atoms with Gasteiger partial charge in [-0.05, 0) is 54.1 Å². The van der Waals surface area contributed by atoms with Crippen molar-refractivity contribution in [1.29, 1.82) is 0 Å². The number of allylic oxidation sites excluding steroid dienone is 2. The standard InChI is InChI=1S/C19H17FO3S/c1-2-23-19(22)18-15(12-5-3-6-14(20)9-12)10-13(11-16(18)21)17-7-4-8-24-17/h3-9,11,15,18H,2,10H2,1H3. The molecule has 1 aromatic heterocycles. The van der Waals surface area contributed by atoms with Crippen LogP contribution in [0.15, 0.2) is 47.9 Å². The topological polar surface area (TPSA) is 43.4 Å². The lowest BCUT2D eigenvalue weighted by Gasteiger charge is -2.29. The molecule has 0 spiro atoms. The molecular weight excluding hydrogens is 327 g/mol. The monoisotopic (exact) mass is 344 g/mol. The number of benzene rings is 1. The highest BCUT2D eigenvalue weighted by Gasteiger charge is 2.40. The average Bonchev–Trinajstić information content (AvgIpc) is 3.08. The van der Waals surface area contributed by atoms with E-state index in [9.17, 15) is 14.0 Å². The maximum absolute atomic E-state index is 13.7. The molecule has 1 aromatic carbocycles. The number of thiophene rings is 1. The number of ether oxygens (including phenoxy) is 1. The van der Waals surface area contributed by atoms with Crippen LogP contribution in [0.1, 0.15) is 29.7 Å². The Kier molecular flexibility index (Phi) is 4.90. The molecule has 0 radical (unpaired) electrons. The molecule has 5 heteroatoms. The molecule has 0 saturated carbocycles. The van der Waals surface area contributed by atoms with Crippen molar-refractivity contribution in [3.05, 3.63) is 64.1 Å². The maximum Gasteiger partial charge on any atom is 0.317 e. The van der Waals surface area contributed by atoms with Gasteiger partial charge in [0.05, 0.1) is 6.61 Å². The summed E-state index contributed by atoms with van der Waals surface area (Å²) in [7, 11) is 0. The summed E-state index contributed by atoms with van der Waals surface area (Å²) >= 11 is 1.54. The van der Waals surface area contributed by atoms with Crippen LogP contribution in [-0.2, 0) is 14.3 Å². The van der Waals surface area contributed by atoms with Crippen molar-refractivity contribution in [2.24, 2.45) is 5.92 Å². The summed E-state index contributed by atoms with van der Waals surface area (Å²) in [5, 5.41) is 1.94. The number of rotatable bonds is 4. The predicted molar refractivity (Wildman–Crippen MR) is 91.2 cm³/mol. The second-order valence-corrected chi connectivity index (χ2v) is 6.59. The van der Waals surface area contributed by atoms with Gasteiger partial charge in [-0.25, -0.2) is 4.39 Å². The third-order valence-electron chi connectivity index (χ3n) is 4.12. The van der Waals surface area contributed by atoms with Gasteiger partial charge in [-0.3, -0.25) is 9.59 Å². The van der Waals surface area contributed by atoms with Crippen molar-refractivity contribution in [3.8, 4) is 0 Å². The van der Waals surface area contributed by atoms with E-state index in [4.69, 9.17) is 4.74 Å². The molecule has 0 saturated heterocycles. The van der Waals surface area contributed by atoms with Gasteiger partial charge in [-0.15, -0.1) is 11.3 Å². The average molecular weight is 344 g/mol. The molecule has 1 aliphatic rings. The fourth-order valence-corrected chi connectivity index (χ4v) is 3.82. The summed E-state index contributed by atoms with van der Waals surface area (Å²) in [4.78, 5) is 25.9. The predicted octanol–water partition coefficient (Wildman–Crippen LogP) is 4.21.